The minimum absolute atomic E-state index is 0.0189. The molecule has 0 spiro atoms. The zero-order valence-electron chi connectivity index (χ0n) is 13.9. The first-order valence-electron chi connectivity index (χ1n) is 7.89. The number of amides is 1. The van der Waals surface area contributed by atoms with Crippen molar-refractivity contribution in [2.24, 2.45) is 0 Å². The maximum atomic E-state index is 12.0. The van der Waals surface area contributed by atoms with Gasteiger partial charge in [-0.3, -0.25) is 15.6 Å². The molecule has 2 rings (SSSR count). The molecule has 0 bridgehead atoms. The standard InChI is InChI=1S/C17H20N4O3S2/c22-16(11-12-19-26(23,24)15-9-5-2-6-10-15)20-21-17(25)18-13-14-7-3-1-4-8-14/h1-10,19H,11-13H2,(H,20,22)(H2,18,21,25). The van der Waals surface area contributed by atoms with Gasteiger partial charge in [0.15, 0.2) is 5.11 Å². The van der Waals surface area contributed by atoms with E-state index in [0.29, 0.717) is 6.54 Å². The molecule has 0 aliphatic rings. The molecular formula is C17H20N4O3S2. The van der Waals surface area contributed by atoms with Gasteiger partial charge in [0, 0.05) is 19.5 Å². The Bertz CT molecular complexity index is 828. The molecule has 7 nitrogen and oxygen atoms in total. The van der Waals surface area contributed by atoms with Gasteiger partial charge in [-0.2, -0.15) is 0 Å². The molecule has 1 amide bonds. The molecule has 2 aromatic rings. The van der Waals surface area contributed by atoms with Crippen LogP contribution in [-0.2, 0) is 21.4 Å². The molecule has 0 unspecified atom stereocenters. The zero-order valence-corrected chi connectivity index (χ0v) is 15.6. The predicted octanol–water partition coefficient (Wildman–Crippen LogP) is 1.05. The summed E-state index contributed by atoms with van der Waals surface area (Å²) < 4.78 is 26.4. The molecular weight excluding hydrogens is 372 g/mol. The Kier molecular flexibility index (Phi) is 7.52. The molecule has 138 valence electrons. The molecule has 0 aliphatic carbocycles. The highest BCUT2D eigenvalue weighted by atomic mass is 32.2. The van der Waals surface area contributed by atoms with Gasteiger partial charge in [0.05, 0.1) is 4.90 Å². The maximum Gasteiger partial charge on any atom is 0.240 e. The maximum absolute atomic E-state index is 12.0. The number of nitrogens with one attached hydrogen (secondary N) is 4. The number of hydrazine groups is 1. The molecule has 0 saturated carbocycles. The summed E-state index contributed by atoms with van der Waals surface area (Å²) in [5.41, 5.74) is 6.05. The quantitative estimate of drug-likeness (QED) is 0.415. The van der Waals surface area contributed by atoms with Gasteiger partial charge < -0.3 is 5.32 Å². The summed E-state index contributed by atoms with van der Waals surface area (Å²) in [6.07, 6.45) is -0.0274. The molecule has 0 heterocycles. The second-order valence-electron chi connectivity index (χ2n) is 5.30. The van der Waals surface area contributed by atoms with Crippen LogP contribution in [0.5, 0.6) is 0 Å². The van der Waals surface area contributed by atoms with Gasteiger partial charge in [-0.25, -0.2) is 13.1 Å². The van der Waals surface area contributed by atoms with Gasteiger partial charge >= 0.3 is 0 Å². The Morgan fingerprint density at radius 1 is 0.923 bits per heavy atom. The van der Waals surface area contributed by atoms with Crippen molar-refractivity contribution in [2.75, 3.05) is 6.54 Å². The van der Waals surface area contributed by atoms with Crippen LogP contribution in [0.1, 0.15) is 12.0 Å². The monoisotopic (exact) mass is 392 g/mol. The molecule has 0 aromatic heterocycles. The average Bonchev–Trinajstić information content (AvgIpc) is 2.66. The minimum atomic E-state index is -3.62. The van der Waals surface area contributed by atoms with Crippen LogP contribution in [-0.4, -0.2) is 26.0 Å². The summed E-state index contributed by atoms with van der Waals surface area (Å²) in [5.74, 6) is -0.385. The van der Waals surface area contributed by atoms with Crippen molar-refractivity contribution in [3.63, 3.8) is 0 Å². The lowest BCUT2D eigenvalue weighted by molar-refractivity contribution is -0.121. The number of thiocarbonyl (C=S) groups is 1. The molecule has 0 atom stereocenters. The fourth-order valence-electron chi connectivity index (χ4n) is 1.99. The van der Waals surface area contributed by atoms with Crippen LogP contribution >= 0.6 is 12.2 Å². The van der Waals surface area contributed by atoms with Crippen LogP contribution in [0.3, 0.4) is 0 Å². The summed E-state index contributed by atoms with van der Waals surface area (Å²) in [7, 11) is -3.62. The second kappa shape index (κ2) is 9.85. The number of carbonyl (C=O) groups is 1. The average molecular weight is 393 g/mol. The molecule has 2 aromatic carbocycles. The van der Waals surface area contributed by atoms with E-state index >= 15 is 0 Å². The van der Waals surface area contributed by atoms with E-state index in [-0.39, 0.29) is 28.9 Å². The predicted molar refractivity (Wildman–Crippen MR) is 103 cm³/mol. The summed E-state index contributed by atoms with van der Waals surface area (Å²) in [6.45, 7) is 0.508. The molecule has 9 heteroatoms. The molecule has 0 saturated heterocycles. The number of sulfonamides is 1. The smallest absolute Gasteiger partial charge is 0.240 e. The molecule has 26 heavy (non-hydrogen) atoms. The number of hydrogen-bond acceptors (Lipinski definition) is 4. The summed E-state index contributed by atoms with van der Waals surface area (Å²) in [5, 5.41) is 3.22. The fourth-order valence-corrected chi connectivity index (χ4v) is 3.17. The number of rotatable bonds is 7. The van der Waals surface area contributed by atoms with Crippen LogP contribution in [0.2, 0.25) is 0 Å². The number of hydrogen-bond donors (Lipinski definition) is 4. The molecule has 0 radical (unpaired) electrons. The Labute approximate surface area is 158 Å². The van der Waals surface area contributed by atoms with Crippen molar-refractivity contribution >= 4 is 33.3 Å². The van der Waals surface area contributed by atoms with Crippen LogP contribution in [0.25, 0.3) is 0 Å². The number of benzene rings is 2. The molecule has 4 N–H and O–H groups in total. The van der Waals surface area contributed by atoms with E-state index in [0.717, 1.165) is 5.56 Å². The topological polar surface area (TPSA) is 99.3 Å². The van der Waals surface area contributed by atoms with E-state index in [2.05, 4.69) is 20.9 Å². The summed E-state index contributed by atoms with van der Waals surface area (Å²) >= 11 is 5.06. The lowest BCUT2D eigenvalue weighted by atomic mass is 10.2. The van der Waals surface area contributed by atoms with Crippen molar-refractivity contribution < 1.29 is 13.2 Å². The Balaban J connectivity index is 1.65. The third-order valence-electron chi connectivity index (χ3n) is 3.31. The van der Waals surface area contributed by atoms with E-state index in [1.807, 2.05) is 30.3 Å². The van der Waals surface area contributed by atoms with Crippen molar-refractivity contribution in [1.29, 1.82) is 0 Å². The van der Waals surface area contributed by atoms with Gasteiger partial charge in [-0.1, -0.05) is 48.5 Å². The van der Waals surface area contributed by atoms with Crippen molar-refractivity contribution in [1.82, 2.24) is 20.9 Å². The molecule has 0 aliphatic heterocycles. The van der Waals surface area contributed by atoms with Gasteiger partial charge in [-0.05, 0) is 29.9 Å². The summed E-state index contributed by atoms with van der Waals surface area (Å²) in [6, 6.07) is 17.6. The largest absolute Gasteiger partial charge is 0.357 e. The van der Waals surface area contributed by atoms with Gasteiger partial charge in [-0.15, -0.1) is 0 Å². The first-order valence-corrected chi connectivity index (χ1v) is 9.78. The van der Waals surface area contributed by atoms with E-state index in [1.54, 1.807) is 18.2 Å². The van der Waals surface area contributed by atoms with E-state index in [1.165, 1.54) is 12.1 Å². The lowest BCUT2D eigenvalue weighted by Gasteiger charge is -2.12. The normalized spacial score (nSPS) is 10.8. The van der Waals surface area contributed by atoms with Gasteiger partial charge in [0.2, 0.25) is 15.9 Å². The van der Waals surface area contributed by atoms with Crippen LogP contribution in [0.4, 0.5) is 0 Å². The first kappa shape index (κ1) is 19.8. The zero-order chi connectivity index (χ0) is 18.8. The van der Waals surface area contributed by atoms with Crippen molar-refractivity contribution in [3.05, 3.63) is 66.2 Å². The molecule has 0 fully saturated rings. The second-order valence-corrected chi connectivity index (χ2v) is 7.48. The highest BCUT2D eigenvalue weighted by Gasteiger charge is 2.13. The Hall–Kier alpha value is -2.49. The van der Waals surface area contributed by atoms with Crippen LogP contribution in [0, 0.1) is 0 Å². The van der Waals surface area contributed by atoms with Crippen LogP contribution in [0.15, 0.2) is 65.6 Å². The summed E-state index contributed by atoms with van der Waals surface area (Å²) in [4.78, 5) is 11.9. The Morgan fingerprint density at radius 2 is 1.54 bits per heavy atom. The van der Waals surface area contributed by atoms with Gasteiger partial charge in [0.1, 0.15) is 0 Å². The van der Waals surface area contributed by atoms with Crippen molar-refractivity contribution in [3.8, 4) is 0 Å². The van der Waals surface area contributed by atoms with Gasteiger partial charge in [0.25, 0.3) is 0 Å². The van der Waals surface area contributed by atoms with E-state index in [9.17, 15) is 13.2 Å². The lowest BCUT2D eigenvalue weighted by Crippen LogP contribution is -2.47. The van der Waals surface area contributed by atoms with Crippen molar-refractivity contribution in [2.45, 2.75) is 17.9 Å². The Morgan fingerprint density at radius 3 is 2.19 bits per heavy atom. The minimum Gasteiger partial charge on any atom is -0.357 e. The highest BCUT2D eigenvalue weighted by molar-refractivity contribution is 7.89. The SMILES string of the molecule is O=C(CCNS(=O)(=O)c1ccccc1)NNC(=S)NCc1ccccc1. The third-order valence-corrected chi connectivity index (χ3v) is 5.03. The highest BCUT2D eigenvalue weighted by Crippen LogP contribution is 2.06. The third kappa shape index (κ3) is 6.79. The van der Waals surface area contributed by atoms with E-state index < -0.39 is 10.0 Å². The first-order chi connectivity index (χ1) is 12.5. The van der Waals surface area contributed by atoms with E-state index in [4.69, 9.17) is 12.2 Å². The fraction of sp³-hybridized carbons (Fsp3) is 0.176. The number of carbonyl (C=O) groups excluding carboxylic acids is 1. The van der Waals surface area contributed by atoms with Crippen LogP contribution < -0.4 is 20.9 Å².